The van der Waals surface area contributed by atoms with E-state index < -0.39 is 5.60 Å². The van der Waals surface area contributed by atoms with Crippen molar-refractivity contribution in [3.63, 3.8) is 0 Å². The normalized spacial score (nSPS) is 23.6. The van der Waals surface area contributed by atoms with Crippen molar-refractivity contribution < 1.29 is 18.8 Å². The number of amides is 1. The number of hydrogen-bond acceptors (Lipinski definition) is 7. The molecule has 0 spiro atoms. The zero-order valence-electron chi connectivity index (χ0n) is 22.7. The smallest absolute Gasteiger partial charge is 0.444 e. The van der Waals surface area contributed by atoms with E-state index in [4.69, 9.17) is 14.0 Å². The van der Waals surface area contributed by atoms with Crippen LogP contribution in [0.3, 0.4) is 0 Å². The number of piperidine rings is 1. The van der Waals surface area contributed by atoms with Gasteiger partial charge in [0.2, 0.25) is 0 Å². The summed E-state index contributed by atoms with van der Waals surface area (Å²) in [6, 6.07) is 4.12. The first-order valence-corrected chi connectivity index (χ1v) is 13.1. The zero-order chi connectivity index (χ0) is 25.4. The first-order valence-electron chi connectivity index (χ1n) is 13.1. The summed E-state index contributed by atoms with van der Waals surface area (Å²) < 4.78 is 18.0. The van der Waals surface area contributed by atoms with E-state index in [2.05, 4.69) is 48.5 Å². The van der Waals surface area contributed by atoms with Crippen molar-refractivity contribution in [3.8, 4) is 0 Å². The standard InChI is InChI=1S/C26H43BN4O4/c1-24(2,3)33-23(32)31-16-14-29(15-17-31)19-20-9-12-30(13-10-20)22-18-21(8-11-28-22)27-34-25(4,5)26(6,7)35-27/h8,11,18,20H,9-10,12-17,19H2,1-7H3. The zero-order valence-corrected chi connectivity index (χ0v) is 22.7. The molecule has 0 atom stereocenters. The third-order valence-corrected chi connectivity index (χ3v) is 7.77. The Morgan fingerprint density at radius 1 is 1.06 bits per heavy atom. The average Bonchev–Trinajstić information content (AvgIpc) is 3.01. The summed E-state index contributed by atoms with van der Waals surface area (Å²) in [6.45, 7) is 20.5. The molecule has 9 heteroatoms. The Labute approximate surface area is 211 Å². The number of carbonyl (C=O) groups is 1. The molecule has 0 N–H and O–H groups in total. The number of anilines is 1. The fourth-order valence-corrected chi connectivity index (χ4v) is 4.88. The number of aromatic nitrogens is 1. The fraction of sp³-hybridized carbons (Fsp3) is 0.769. The molecule has 3 saturated heterocycles. The average molecular weight is 486 g/mol. The number of ether oxygens (including phenoxy) is 1. The fourth-order valence-electron chi connectivity index (χ4n) is 4.88. The van der Waals surface area contributed by atoms with Crippen molar-refractivity contribution >= 4 is 24.5 Å². The number of rotatable bonds is 4. The van der Waals surface area contributed by atoms with Gasteiger partial charge in [-0.2, -0.15) is 0 Å². The molecule has 0 saturated carbocycles. The van der Waals surface area contributed by atoms with E-state index in [1.54, 1.807) is 0 Å². The van der Waals surface area contributed by atoms with E-state index in [1.165, 1.54) is 0 Å². The van der Waals surface area contributed by atoms with E-state index in [1.807, 2.05) is 37.9 Å². The predicted octanol–water partition coefficient (Wildman–Crippen LogP) is 3.15. The van der Waals surface area contributed by atoms with Crippen LogP contribution >= 0.6 is 0 Å². The Kier molecular flexibility index (Phi) is 7.42. The van der Waals surface area contributed by atoms with Gasteiger partial charge in [-0.05, 0) is 84.8 Å². The molecule has 0 aliphatic carbocycles. The van der Waals surface area contributed by atoms with Crippen molar-refractivity contribution in [3.05, 3.63) is 18.3 Å². The van der Waals surface area contributed by atoms with Crippen LogP contribution in [0.5, 0.6) is 0 Å². The number of hydrogen-bond donors (Lipinski definition) is 0. The van der Waals surface area contributed by atoms with Gasteiger partial charge in [-0.15, -0.1) is 0 Å². The monoisotopic (exact) mass is 486 g/mol. The van der Waals surface area contributed by atoms with Gasteiger partial charge in [0.1, 0.15) is 11.4 Å². The lowest BCUT2D eigenvalue weighted by Gasteiger charge is -2.39. The minimum atomic E-state index is -0.444. The van der Waals surface area contributed by atoms with Crippen LogP contribution in [-0.4, -0.2) is 90.6 Å². The molecule has 1 amide bonds. The lowest BCUT2D eigenvalue weighted by atomic mass is 9.79. The van der Waals surface area contributed by atoms with Gasteiger partial charge in [0.05, 0.1) is 11.2 Å². The molecule has 0 unspecified atom stereocenters. The van der Waals surface area contributed by atoms with Crippen molar-refractivity contribution in [2.24, 2.45) is 5.92 Å². The third kappa shape index (κ3) is 6.30. The van der Waals surface area contributed by atoms with E-state index in [0.717, 1.165) is 69.9 Å². The van der Waals surface area contributed by atoms with Gasteiger partial charge in [-0.1, -0.05) is 0 Å². The molecule has 3 aliphatic rings. The number of nitrogens with zero attached hydrogens (tertiary/aromatic N) is 4. The van der Waals surface area contributed by atoms with Crippen LogP contribution in [0, 0.1) is 5.92 Å². The molecule has 0 aromatic carbocycles. The second-order valence-electron chi connectivity index (χ2n) is 12.2. The van der Waals surface area contributed by atoms with Crippen LogP contribution in [0.15, 0.2) is 18.3 Å². The number of pyridine rings is 1. The van der Waals surface area contributed by atoms with Gasteiger partial charge in [0.15, 0.2) is 0 Å². The summed E-state index contributed by atoms with van der Waals surface area (Å²) in [5.41, 5.74) is -0.116. The second-order valence-corrected chi connectivity index (χ2v) is 12.2. The third-order valence-electron chi connectivity index (χ3n) is 7.77. The Balaban J connectivity index is 1.24. The first kappa shape index (κ1) is 26.2. The van der Waals surface area contributed by atoms with E-state index in [0.29, 0.717) is 5.92 Å². The lowest BCUT2D eigenvalue weighted by Crippen LogP contribution is -2.51. The summed E-state index contributed by atoms with van der Waals surface area (Å²) in [5.74, 6) is 1.67. The highest BCUT2D eigenvalue weighted by Gasteiger charge is 2.51. The summed E-state index contributed by atoms with van der Waals surface area (Å²) in [4.78, 5) is 23.7. The molecule has 0 bridgehead atoms. The maximum atomic E-state index is 12.3. The maximum Gasteiger partial charge on any atom is 0.495 e. The van der Waals surface area contributed by atoms with Gasteiger partial charge in [0.25, 0.3) is 0 Å². The van der Waals surface area contributed by atoms with Crippen molar-refractivity contribution in [2.45, 2.75) is 78.1 Å². The topological polar surface area (TPSA) is 67.4 Å². The summed E-state index contributed by atoms with van der Waals surface area (Å²) in [6.07, 6.45) is 3.97. The van der Waals surface area contributed by atoms with Crippen LogP contribution in [0.2, 0.25) is 0 Å². The van der Waals surface area contributed by atoms with Crippen LogP contribution in [-0.2, 0) is 14.0 Å². The number of carbonyl (C=O) groups excluding carboxylic acids is 1. The Hall–Kier alpha value is -1.84. The quantitative estimate of drug-likeness (QED) is 0.606. The van der Waals surface area contributed by atoms with E-state index in [9.17, 15) is 4.79 Å². The van der Waals surface area contributed by atoms with Crippen molar-refractivity contribution in [1.82, 2.24) is 14.8 Å². The predicted molar refractivity (Wildman–Crippen MR) is 139 cm³/mol. The van der Waals surface area contributed by atoms with Crippen LogP contribution in [0.4, 0.5) is 10.6 Å². The summed E-state index contributed by atoms with van der Waals surface area (Å²) in [5, 5.41) is 0. The summed E-state index contributed by atoms with van der Waals surface area (Å²) >= 11 is 0. The van der Waals surface area contributed by atoms with Crippen LogP contribution < -0.4 is 10.4 Å². The highest BCUT2D eigenvalue weighted by atomic mass is 16.7. The van der Waals surface area contributed by atoms with Gasteiger partial charge in [-0.3, -0.25) is 4.90 Å². The van der Waals surface area contributed by atoms with Crippen molar-refractivity contribution in [1.29, 1.82) is 0 Å². The molecule has 1 aromatic heterocycles. The van der Waals surface area contributed by atoms with Crippen LogP contribution in [0.25, 0.3) is 0 Å². The molecule has 4 rings (SSSR count). The molecule has 3 aliphatic heterocycles. The molecule has 35 heavy (non-hydrogen) atoms. The Morgan fingerprint density at radius 3 is 2.23 bits per heavy atom. The Bertz CT molecular complexity index is 872. The highest BCUT2D eigenvalue weighted by Crippen LogP contribution is 2.36. The second kappa shape index (κ2) is 9.90. The number of piperazine rings is 1. The molecule has 194 valence electrons. The largest absolute Gasteiger partial charge is 0.495 e. The van der Waals surface area contributed by atoms with Gasteiger partial charge in [-0.25, -0.2) is 9.78 Å². The molecular formula is C26H43BN4O4. The van der Waals surface area contributed by atoms with Gasteiger partial charge < -0.3 is 23.8 Å². The van der Waals surface area contributed by atoms with Crippen LogP contribution in [0.1, 0.15) is 61.3 Å². The highest BCUT2D eigenvalue weighted by molar-refractivity contribution is 6.62. The molecule has 8 nitrogen and oxygen atoms in total. The first-order chi connectivity index (χ1) is 16.3. The molecule has 1 aromatic rings. The van der Waals surface area contributed by atoms with Gasteiger partial charge >= 0.3 is 13.2 Å². The van der Waals surface area contributed by atoms with E-state index in [-0.39, 0.29) is 24.4 Å². The minimum Gasteiger partial charge on any atom is -0.444 e. The van der Waals surface area contributed by atoms with Gasteiger partial charge in [0, 0.05) is 52.0 Å². The van der Waals surface area contributed by atoms with Crippen molar-refractivity contribution in [2.75, 3.05) is 50.7 Å². The minimum absolute atomic E-state index is 0.194. The van der Waals surface area contributed by atoms with E-state index >= 15 is 0 Å². The maximum absolute atomic E-state index is 12.3. The molecule has 4 heterocycles. The Morgan fingerprint density at radius 2 is 1.66 bits per heavy atom. The lowest BCUT2D eigenvalue weighted by molar-refractivity contribution is 0.00578. The molecule has 3 fully saturated rings. The summed E-state index contributed by atoms with van der Waals surface area (Å²) in [7, 11) is -0.362. The SMILES string of the molecule is CC(C)(C)OC(=O)N1CCN(CC2CCN(c3cc(B4OC(C)(C)C(C)(C)O4)ccn3)CC2)CC1. The molecular weight excluding hydrogens is 443 g/mol. The molecule has 0 radical (unpaired) electrons.